The Labute approximate surface area is 158 Å². The quantitative estimate of drug-likeness (QED) is 0.568. The Bertz CT molecular complexity index is 510. The number of nitrogens with two attached hydrogens (primary N) is 1. The van der Waals surface area contributed by atoms with E-state index in [-0.39, 0.29) is 29.8 Å². The molecule has 0 bridgehead atoms. The predicted molar refractivity (Wildman–Crippen MR) is 104 cm³/mol. The number of nitrogens with zero attached hydrogens (tertiary/aromatic N) is 1. The monoisotopic (exact) mass is 420 g/mol. The summed E-state index contributed by atoms with van der Waals surface area (Å²) < 4.78 is 1.10. The minimum atomic E-state index is 0. The molecule has 2 rings (SSSR count). The molecule has 1 aromatic carbocycles. The second-order valence-corrected chi connectivity index (χ2v) is 8.69. The van der Waals surface area contributed by atoms with Gasteiger partial charge in [-0.25, -0.2) is 0 Å². The van der Waals surface area contributed by atoms with Gasteiger partial charge in [-0.2, -0.15) is 0 Å². The van der Waals surface area contributed by atoms with Crippen LogP contribution in [-0.4, -0.2) is 35.7 Å². The summed E-state index contributed by atoms with van der Waals surface area (Å²) in [7, 11) is 0. The summed E-state index contributed by atoms with van der Waals surface area (Å²) in [4.78, 5) is 15.6. The van der Waals surface area contributed by atoms with E-state index in [4.69, 9.17) is 5.73 Å². The van der Waals surface area contributed by atoms with Crippen molar-refractivity contribution in [1.29, 1.82) is 0 Å². The summed E-state index contributed by atoms with van der Waals surface area (Å²) >= 11 is 5.24. The zero-order chi connectivity index (χ0) is 16.2. The Balaban J connectivity index is 0.00000264. The normalized spacial score (nSPS) is 20.0. The van der Waals surface area contributed by atoms with Crippen LogP contribution in [0.4, 0.5) is 0 Å². The third-order valence-electron chi connectivity index (χ3n) is 4.28. The van der Waals surface area contributed by atoms with E-state index >= 15 is 0 Å². The fourth-order valence-electron chi connectivity index (χ4n) is 2.69. The highest BCUT2D eigenvalue weighted by Crippen LogP contribution is 2.28. The number of hydrogen-bond donors (Lipinski definition) is 1. The van der Waals surface area contributed by atoms with Crippen LogP contribution in [-0.2, 0) is 4.79 Å². The molecule has 0 aromatic heterocycles. The molecule has 130 valence electrons. The number of carbonyl (C=O) groups is 1. The Hall–Kier alpha value is -0.230. The fourth-order valence-corrected chi connectivity index (χ4v) is 3.81. The lowest BCUT2D eigenvalue weighted by atomic mass is 9.79. The molecule has 0 spiro atoms. The van der Waals surface area contributed by atoms with Gasteiger partial charge in [0.05, 0.1) is 0 Å². The highest BCUT2D eigenvalue weighted by molar-refractivity contribution is 9.10. The molecule has 1 amide bonds. The van der Waals surface area contributed by atoms with E-state index in [9.17, 15) is 4.79 Å². The molecular formula is C17H26BrClN2OS. The van der Waals surface area contributed by atoms with Crippen LogP contribution in [0.5, 0.6) is 0 Å². The van der Waals surface area contributed by atoms with E-state index in [2.05, 4.69) is 41.9 Å². The van der Waals surface area contributed by atoms with Gasteiger partial charge in [-0.15, -0.1) is 24.2 Å². The summed E-state index contributed by atoms with van der Waals surface area (Å²) in [5, 5.41) is 0. The zero-order valence-electron chi connectivity index (χ0n) is 13.8. The molecule has 1 heterocycles. The smallest absolute Gasteiger partial charge is 0.222 e. The van der Waals surface area contributed by atoms with Crippen LogP contribution in [0.15, 0.2) is 33.6 Å². The molecule has 0 saturated carbocycles. The first-order valence-corrected chi connectivity index (χ1v) is 9.58. The second-order valence-electron chi connectivity index (χ2n) is 6.60. The predicted octanol–water partition coefficient (Wildman–Crippen LogP) is 4.33. The minimum Gasteiger partial charge on any atom is -0.342 e. The zero-order valence-corrected chi connectivity index (χ0v) is 17.0. The van der Waals surface area contributed by atoms with E-state index in [0.29, 0.717) is 6.42 Å². The van der Waals surface area contributed by atoms with E-state index < -0.39 is 0 Å². The third kappa shape index (κ3) is 6.29. The SMILES string of the molecule is CC1(C)CN(C(=O)CCCSc2ccc(Br)cc2)CCC1N.Cl. The molecule has 6 heteroatoms. The second kappa shape index (κ2) is 9.30. The van der Waals surface area contributed by atoms with E-state index in [1.807, 2.05) is 17.0 Å². The molecule has 0 aliphatic carbocycles. The van der Waals surface area contributed by atoms with Crippen molar-refractivity contribution in [2.24, 2.45) is 11.1 Å². The first-order chi connectivity index (χ1) is 10.4. The van der Waals surface area contributed by atoms with Crippen LogP contribution in [0, 0.1) is 5.41 Å². The van der Waals surface area contributed by atoms with Crippen LogP contribution >= 0.6 is 40.1 Å². The molecule has 23 heavy (non-hydrogen) atoms. The maximum atomic E-state index is 12.3. The van der Waals surface area contributed by atoms with Gasteiger partial charge < -0.3 is 10.6 Å². The summed E-state index contributed by atoms with van der Waals surface area (Å²) in [5.41, 5.74) is 6.15. The van der Waals surface area contributed by atoms with Crippen molar-refractivity contribution in [1.82, 2.24) is 4.90 Å². The largest absolute Gasteiger partial charge is 0.342 e. The number of benzene rings is 1. The van der Waals surface area contributed by atoms with Crippen LogP contribution in [0.25, 0.3) is 0 Å². The van der Waals surface area contributed by atoms with Crippen molar-refractivity contribution in [2.45, 2.75) is 44.0 Å². The Morgan fingerprint density at radius 1 is 1.39 bits per heavy atom. The number of hydrogen-bond acceptors (Lipinski definition) is 3. The molecule has 1 aliphatic heterocycles. The third-order valence-corrected chi connectivity index (χ3v) is 5.91. The fraction of sp³-hybridized carbons (Fsp3) is 0.588. The Kier molecular flexibility index (Phi) is 8.42. The maximum absolute atomic E-state index is 12.3. The van der Waals surface area contributed by atoms with Crippen LogP contribution in [0.3, 0.4) is 0 Å². The Morgan fingerprint density at radius 2 is 2.04 bits per heavy atom. The molecule has 0 radical (unpaired) electrons. The van der Waals surface area contributed by atoms with Crippen LogP contribution < -0.4 is 5.73 Å². The maximum Gasteiger partial charge on any atom is 0.222 e. The Morgan fingerprint density at radius 3 is 2.65 bits per heavy atom. The number of rotatable bonds is 5. The minimum absolute atomic E-state index is 0. The van der Waals surface area contributed by atoms with Crippen LogP contribution in [0.2, 0.25) is 0 Å². The number of carbonyl (C=O) groups excluding carboxylic acids is 1. The lowest BCUT2D eigenvalue weighted by Crippen LogP contribution is -2.53. The molecule has 1 aromatic rings. The standard InChI is InChI=1S/C17H25BrN2OS.ClH/c1-17(2)12-20(10-9-15(17)19)16(21)4-3-11-22-14-7-5-13(18)6-8-14;/h5-8,15H,3-4,9-12,19H2,1-2H3;1H. The topological polar surface area (TPSA) is 46.3 Å². The molecule has 1 unspecified atom stereocenters. The number of thioether (sulfide) groups is 1. The molecule has 2 N–H and O–H groups in total. The van der Waals surface area contributed by atoms with Gasteiger partial charge >= 0.3 is 0 Å². The molecular weight excluding hydrogens is 396 g/mol. The van der Waals surface area contributed by atoms with Gasteiger partial charge in [-0.1, -0.05) is 29.8 Å². The van der Waals surface area contributed by atoms with Crippen molar-refractivity contribution in [3.05, 3.63) is 28.7 Å². The summed E-state index contributed by atoms with van der Waals surface area (Å²) in [6.45, 7) is 5.90. The van der Waals surface area contributed by atoms with Gasteiger partial charge in [0.15, 0.2) is 0 Å². The number of halogens is 2. The first kappa shape index (κ1) is 20.8. The molecule has 1 atom stereocenters. The van der Waals surface area contributed by atoms with Gasteiger partial charge in [0.1, 0.15) is 0 Å². The van der Waals surface area contributed by atoms with E-state index in [1.54, 1.807) is 11.8 Å². The van der Waals surface area contributed by atoms with E-state index in [1.165, 1.54) is 4.90 Å². The van der Waals surface area contributed by atoms with E-state index in [0.717, 1.165) is 36.2 Å². The van der Waals surface area contributed by atoms with Crippen molar-refractivity contribution >= 4 is 46.0 Å². The van der Waals surface area contributed by atoms with Crippen molar-refractivity contribution < 1.29 is 4.79 Å². The van der Waals surface area contributed by atoms with Crippen molar-refractivity contribution in [3.63, 3.8) is 0 Å². The highest BCUT2D eigenvalue weighted by Gasteiger charge is 2.34. The molecule has 1 aliphatic rings. The average molecular weight is 422 g/mol. The summed E-state index contributed by atoms with van der Waals surface area (Å²) in [6, 6.07) is 8.50. The van der Waals surface area contributed by atoms with Gasteiger partial charge in [-0.3, -0.25) is 4.79 Å². The number of amides is 1. The van der Waals surface area contributed by atoms with Crippen LogP contribution in [0.1, 0.15) is 33.1 Å². The van der Waals surface area contributed by atoms with Gasteiger partial charge in [0.2, 0.25) is 5.91 Å². The van der Waals surface area contributed by atoms with Gasteiger partial charge in [-0.05, 0) is 48.3 Å². The molecule has 3 nitrogen and oxygen atoms in total. The molecule has 1 saturated heterocycles. The average Bonchev–Trinajstić information content (AvgIpc) is 2.48. The first-order valence-electron chi connectivity index (χ1n) is 7.80. The van der Waals surface area contributed by atoms with Gasteiger partial charge in [0, 0.05) is 34.9 Å². The lowest BCUT2D eigenvalue weighted by Gasteiger charge is -2.42. The number of likely N-dealkylation sites (tertiary alicyclic amines) is 1. The van der Waals surface area contributed by atoms with Crippen molar-refractivity contribution in [3.8, 4) is 0 Å². The summed E-state index contributed by atoms with van der Waals surface area (Å²) in [6.07, 6.45) is 2.46. The lowest BCUT2D eigenvalue weighted by molar-refractivity contribution is -0.134. The summed E-state index contributed by atoms with van der Waals surface area (Å²) in [5.74, 6) is 1.25. The number of piperidine rings is 1. The van der Waals surface area contributed by atoms with Crippen molar-refractivity contribution in [2.75, 3.05) is 18.8 Å². The highest BCUT2D eigenvalue weighted by atomic mass is 79.9. The van der Waals surface area contributed by atoms with Gasteiger partial charge in [0.25, 0.3) is 0 Å². The molecule has 1 fully saturated rings.